The Balaban J connectivity index is 1.38. The van der Waals surface area contributed by atoms with Gasteiger partial charge in [0.05, 0.1) is 12.8 Å². The molecule has 0 unspecified atom stereocenters. The zero-order chi connectivity index (χ0) is 21.6. The van der Waals surface area contributed by atoms with Crippen molar-refractivity contribution in [2.45, 2.75) is 0 Å². The van der Waals surface area contributed by atoms with Crippen molar-refractivity contribution in [3.8, 4) is 17.0 Å². The number of methoxy groups -OCH3 is 1. The van der Waals surface area contributed by atoms with E-state index in [2.05, 4.69) is 20.8 Å². The van der Waals surface area contributed by atoms with Gasteiger partial charge in [0.25, 0.3) is 11.8 Å². The molecule has 7 heteroatoms. The Labute approximate surface area is 179 Å². The Morgan fingerprint density at radius 1 is 0.806 bits per heavy atom. The Morgan fingerprint density at radius 3 is 2.06 bits per heavy atom. The molecule has 1 heterocycles. The van der Waals surface area contributed by atoms with Crippen LogP contribution in [0.1, 0.15) is 20.8 Å². The topological polar surface area (TPSA) is 96.1 Å². The number of rotatable bonds is 6. The molecule has 0 spiro atoms. The number of hydrogen-bond donors (Lipinski definition) is 3. The van der Waals surface area contributed by atoms with Gasteiger partial charge in [0, 0.05) is 22.5 Å². The van der Waals surface area contributed by atoms with E-state index in [1.807, 2.05) is 30.3 Å². The quantitative estimate of drug-likeness (QED) is 0.432. The Kier molecular flexibility index (Phi) is 5.75. The molecule has 0 aliphatic heterocycles. The van der Waals surface area contributed by atoms with Crippen LogP contribution in [0.15, 0.2) is 84.9 Å². The van der Waals surface area contributed by atoms with Gasteiger partial charge in [-0.2, -0.15) is 5.10 Å². The van der Waals surface area contributed by atoms with Crippen molar-refractivity contribution < 1.29 is 14.3 Å². The molecule has 7 nitrogen and oxygen atoms in total. The summed E-state index contributed by atoms with van der Waals surface area (Å²) in [6, 6.07) is 25.0. The first kappa shape index (κ1) is 19.9. The number of aromatic amines is 1. The number of benzene rings is 3. The second-order valence-corrected chi connectivity index (χ2v) is 6.75. The lowest BCUT2D eigenvalue weighted by Gasteiger charge is -2.08. The van der Waals surface area contributed by atoms with E-state index in [9.17, 15) is 9.59 Å². The highest BCUT2D eigenvalue weighted by Crippen LogP contribution is 2.19. The number of carbonyl (C=O) groups excluding carboxylic acids is 2. The van der Waals surface area contributed by atoms with E-state index in [1.54, 1.807) is 61.7 Å². The molecule has 0 radical (unpaired) electrons. The van der Waals surface area contributed by atoms with Crippen molar-refractivity contribution in [1.82, 2.24) is 10.2 Å². The Bertz CT molecular complexity index is 1180. The zero-order valence-electron chi connectivity index (χ0n) is 16.8. The van der Waals surface area contributed by atoms with Crippen molar-refractivity contribution in [3.63, 3.8) is 0 Å². The summed E-state index contributed by atoms with van der Waals surface area (Å²) in [4.78, 5) is 24.9. The van der Waals surface area contributed by atoms with Crippen molar-refractivity contribution in [2.75, 3.05) is 17.7 Å². The normalized spacial score (nSPS) is 10.4. The number of nitrogens with one attached hydrogen (secondary N) is 3. The lowest BCUT2D eigenvalue weighted by Crippen LogP contribution is -2.14. The molecular formula is C24H20N4O3. The summed E-state index contributed by atoms with van der Waals surface area (Å²) in [6.07, 6.45) is 0. The first-order chi connectivity index (χ1) is 15.1. The van der Waals surface area contributed by atoms with Gasteiger partial charge < -0.3 is 15.4 Å². The van der Waals surface area contributed by atoms with Crippen molar-refractivity contribution >= 4 is 23.2 Å². The molecule has 4 rings (SSSR count). The van der Waals surface area contributed by atoms with Crippen LogP contribution < -0.4 is 15.4 Å². The fourth-order valence-electron chi connectivity index (χ4n) is 2.98. The van der Waals surface area contributed by atoms with E-state index in [1.165, 1.54) is 0 Å². The van der Waals surface area contributed by atoms with E-state index in [0.717, 1.165) is 5.56 Å². The van der Waals surface area contributed by atoms with Crippen LogP contribution in [0.4, 0.5) is 11.4 Å². The minimum atomic E-state index is -0.315. The molecule has 154 valence electrons. The lowest BCUT2D eigenvalue weighted by atomic mass is 10.1. The van der Waals surface area contributed by atoms with Gasteiger partial charge >= 0.3 is 0 Å². The molecule has 4 aromatic rings. The molecule has 0 saturated heterocycles. The third-order valence-electron chi connectivity index (χ3n) is 4.64. The predicted molar refractivity (Wildman–Crippen MR) is 119 cm³/mol. The maximum absolute atomic E-state index is 12.5. The van der Waals surface area contributed by atoms with Crippen molar-refractivity contribution in [1.29, 1.82) is 0 Å². The number of H-pyrrole nitrogens is 1. The third-order valence-corrected chi connectivity index (χ3v) is 4.64. The summed E-state index contributed by atoms with van der Waals surface area (Å²) in [5.74, 6) is 0.153. The predicted octanol–water partition coefficient (Wildman–Crippen LogP) is 4.59. The molecule has 1 aromatic heterocycles. The number of anilines is 2. The van der Waals surface area contributed by atoms with Gasteiger partial charge in [0.2, 0.25) is 0 Å². The maximum Gasteiger partial charge on any atom is 0.273 e. The molecule has 0 saturated carbocycles. The van der Waals surface area contributed by atoms with Crippen molar-refractivity contribution in [2.24, 2.45) is 0 Å². The average Bonchev–Trinajstić information content (AvgIpc) is 3.31. The fraction of sp³-hybridized carbons (Fsp3) is 0.0417. The summed E-state index contributed by atoms with van der Waals surface area (Å²) >= 11 is 0. The molecule has 0 aliphatic rings. The molecule has 0 fully saturated rings. The standard InChI is InChI=1S/C24H20N4O3/c1-31-20-13-11-19(12-14-20)25-23(29)17-7-9-18(10-8-17)26-24(30)22-15-21(27-28-22)16-5-3-2-4-6-16/h2-15H,1H3,(H,25,29)(H,26,30)(H,27,28). The van der Waals surface area contributed by atoms with E-state index in [0.29, 0.717) is 34.1 Å². The van der Waals surface area contributed by atoms with Gasteiger partial charge in [-0.25, -0.2) is 0 Å². The number of hydrogen-bond acceptors (Lipinski definition) is 4. The first-order valence-corrected chi connectivity index (χ1v) is 9.60. The Hall–Kier alpha value is -4.39. The Morgan fingerprint density at radius 2 is 1.42 bits per heavy atom. The highest BCUT2D eigenvalue weighted by molar-refractivity contribution is 6.06. The smallest absolute Gasteiger partial charge is 0.273 e. The van der Waals surface area contributed by atoms with Crippen LogP contribution in [-0.2, 0) is 0 Å². The number of ether oxygens (including phenoxy) is 1. The van der Waals surface area contributed by atoms with Crippen LogP contribution in [0.5, 0.6) is 5.75 Å². The summed E-state index contributed by atoms with van der Waals surface area (Å²) < 4.78 is 5.11. The number of aromatic nitrogens is 2. The van der Waals surface area contributed by atoms with Gasteiger partial charge in [-0.05, 0) is 54.6 Å². The average molecular weight is 412 g/mol. The third kappa shape index (κ3) is 4.79. The van der Waals surface area contributed by atoms with E-state index in [4.69, 9.17) is 4.74 Å². The molecule has 3 N–H and O–H groups in total. The van der Waals surface area contributed by atoms with Gasteiger partial charge in [0.1, 0.15) is 11.4 Å². The SMILES string of the molecule is COc1ccc(NC(=O)c2ccc(NC(=O)c3cc(-c4ccccc4)n[nH]3)cc2)cc1. The second kappa shape index (κ2) is 8.96. The van der Waals surface area contributed by atoms with E-state index in [-0.39, 0.29) is 11.8 Å². The van der Waals surface area contributed by atoms with Crippen LogP contribution in [-0.4, -0.2) is 29.1 Å². The molecule has 0 atom stereocenters. The van der Waals surface area contributed by atoms with Crippen LogP contribution in [0.25, 0.3) is 11.3 Å². The molecule has 2 amide bonds. The molecule has 31 heavy (non-hydrogen) atoms. The minimum absolute atomic E-state index is 0.246. The summed E-state index contributed by atoms with van der Waals surface area (Å²) in [5.41, 5.74) is 3.67. The minimum Gasteiger partial charge on any atom is -0.497 e. The number of amides is 2. The van der Waals surface area contributed by atoms with Crippen LogP contribution in [0, 0.1) is 0 Å². The zero-order valence-corrected chi connectivity index (χ0v) is 16.8. The lowest BCUT2D eigenvalue weighted by molar-refractivity contribution is 0.101. The van der Waals surface area contributed by atoms with Gasteiger partial charge in [0.15, 0.2) is 0 Å². The number of nitrogens with zero attached hydrogens (tertiary/aromatic N) is 1. The fourth-order valence-corrected chi connectivity index (χ4v) is 2.98. The first-order valence-electron chi connectivity index (χ1n) is 9.60. The van der Waals surface area contributed by atoms with E-state index < -0.39 is 0 Å². The molecule has 0 aliphatic carbocycles. The molecule has 0 bridgehead atoms. The summed E-state index contributed by atoms with van der Waals surface area (Å²) in [7, 11) is 1.59. The summed E-state index contributed by atoms with van der Waals surface area (Å²) in [5, 5.41) is 12.6. The van der Waals surface area contributed by atoms with Crippen LogP contribution >= 0.6 is 0 Å². The van der Waals surface area contributed by atoms with Crippen LogP contribution in [0.2, 0.25) is 0 Å². The second-order valence-electron chi connectivity index (χ2n) is 6.75. The van der Waals surface area contributed by atoms with E-state index >= 15 is 0 Å². The summed E-state index contributed by atoms with van der Waals surface area (Å²) in [6.45, 7) is 0. The van der Waals surface area contributed by atoms with Crippen LogP contribution in [0.3, 0.4) is 0 Å². The van der Waals surface area contributed by atoms with Gasteiger partial charge in [-0.1, -0.05) is 30.3 Å². The molecular weight excluding hydrogens is 392 g/mol. The monoisotopic (exact) mass is 412 g/mol. The highest BCUT2D eigenvalue weighted by Gasteiger charge is 2.12. The van der Waals surface area contributed by atoms with Gasteiger partial charge in [-0.3, -0.25) is 14.7 Å². The molecule has 3 aromatic carbocycles. The highest BCUT2D eigenvalue weighted by atomic mass is 16.5. The maximum atomic E-state index is 12.5. The van der Waals surface area contributed by atoms with Gasteiger partial charge in [-0.15, -0.1) is 0 Å². The largest absolute Gasteiger partial charge is 0.497 e. The number of carbonyl (C=O) groups is 2. The van der Waals surface area contributed by atoms with Crippen molar-refractivity contribution in [3.05, 3.63) is 96.2 Å².